The minimum absolute atomic E-state index is 0.126. The van der Waals surface area contributed by atoms with E-state index < -0.39 is 0 Å². The van der Waals surface area contributed by atoms with Crippen LogP contribution in [0.25, 0.3) is 0 Å². The standard InChI is InChI=1S/C13H21N3O/c1-9(2)11-5-4-10(3)8-12(11)15-16-13(17)6-7-14/h9-11H,4-6,8H2,1-3H3,(H,16,17). The summed E-state index contributed by atoms with van der Waals surface area (Å²) in [5.74, 6) is 1.33. The molecule has 0 aromatic rings. The molecule has 2 atom stereocenters. The van der Waals surface area contributed by atoms with E-state index in [4.69, 9.17) is 5.26 Å². The number of nitrogens with zero attached hydrogens (tertiary/aromatic N) is 2. The van der Waals surface area contributed by atoms with Crippen molar-refractivity contribution in [1.29, 1.82) is 5.26 Å². The molecule has 1 rings (SSSR count). The molecular weight excluding hydrogens is 214 g/mol. The van der Waals surface area contributed by atoms with Gasteiger partial charge in [-0.15, -0.1) is 0 Å². The van der Waals surface area contributed by atoms with Gasteiger partial charge in [-0.2, -0.15) is 10.4 Å². The van der Waals surface area contributed by atoms with Gasteiger partial charge in [0.15, 0.2) is 0 Å². The van der Waals surface area contributed by atoms with Crippen molar-refractivity contribution >= 4 is 11.6 Å². The summed E-state index contributed by atoms with van der Waals surface area (Å²) in [6.07, 6.45) is 3.20. The summed E-state index contributed by atoms with van der Waals surface area (Å²) in [4.78, 5) is 11.2. The largest absolute Gasteiger partial charge is 0.272 e. The molecule has 2 unspecified atom stereocenters. The van der Waals surface area contributed by atoms with E-state index >= 15 is 0 Å². The summed E-state index contributed by atoms with van der Waals surface area (Å²) in [5.41, 5.74) is 3.57. The van der Waals surface area contributed by atoms with Crippen LogP contribution in [0.15, 0.2) is 5.10 Å². The third kappa shape index (κ3) is 4.18. The monoisotopic (exact) mass is 235 g/mol. The van der Waals surface area contributed by atoms with Crippen LogP contribution in [-0.2, 0) is 4.79 Å². The van der Waals surface area contributed by atoms with Crippen molar-refractivity contribution < 1.29 is 4.79 Å². The van der Waals surface area contributed by atoms with Gasteiger partial charge in [0, 0.05) is 11.6 Å². The van der Waals surface area contributed by atoms with Gasteiger partial charge in [0.05, 0.1) is 6.07 Å². The van der Waals surface area contributed by atoms with E-state index in [1.165, 1.54) is 6.42 Å². The average Bonchev–Trinajstić information content (AvgIpc) is 2.26. The first-order valence-electron chi connectivity index (χ1n) is 6.26. The summed E-state index contributed by atoms with van der Waals surface area (Å²) in [6.45, 7) is 6.59. The van der Waals surface area contributed by atoms with Gasteiger partial charge in [-0.1, -0.05) is 20.8 Å². The molecule has 4 heteroatoms. The third-order valence-electron chi connectivity index (χ3n) is 3.32. The highest BCUT2D eigenvalue weighted by Gasteiger charge is 2.27. The Morgan fingerprint density at radius 2 is 2.29 bits per heavy atom. The lowest BCUT2D eigenvalue weighted by Crippen LogP contribution is -2.30. The molecule has 1 aliphatic rings. The van der Waals surface area contributed by atoms with Crippen molar-refractivity contribution in [3.8, 4) is 6.07 Å². The predicted molar refractivity (Wildman–Crippen MR) is 67.2 cm³/mol. The second kappa shape index (κ2) is 6.39. The molecule has 0 spiro atoms. The number of hydrogen-bond acceptors (Lipinski definition) is 3. The van der Waals surface area contributed by atoms with Crippen LogP contribution in [0.3, 0.4) is 0 Å². The van der Waals surface area contributed by atoms with Crippen LogP contribution >= 0.6 is 0 Å². The van der Waals surface area contributed by atoms with Crippen molar-refractivity contribution in [2.24, 2.45) is 22.9 Å². The molecule has 0 aromatic heterocycles. The fraction of sp³-hybridized carbons (Fsp3) is 0.769. The zero-order chi connectivity index (χ0) is 12.8. The molecule has 0 aliphatic heterocycles. The Hall–Kier alpha value is -1.37. The first kappa shape index (κ1) is 13.7. The highest BCUT2D eigenvalue weighted by molar-refractivity contribution is 5.89. The number of nitriles is 1. The summed E-state index contributed by atoms with van der Waals surface area (Å²) in [7, 11) is 0. The van der Waals surface area contributed by atoms with Gasteiger partial charge in [-0.3, -0.25) is 4.79 Å². The Bertz CT molecular complexity index is 341. The van der Waals surface area contributed by atoms with Crippen LogP contribution in [0.4, 0.5) is 0 Å². The van der Waals surface area contributed by atoms with Gasteiger partial charge in [-0.25, -0.2) is 5.43 Å². The molecule has 1 amide bonds. The number of hydrogen-bond donors (Lipinski definition) is 1. The van der Waals surface area contributed by atoms with E-state index in [-0.39, 0.29) is 12.3 Å². The average molecular weight is 235 g/mol. The van der Waals surface area contributed by atoms with Gasteiger partial charge in [0.1, 0.15) is 6.42 Å². The van der Waals surface area contributed by atoms with E-state index in [2.05, 4.69) is 31.3 Å². The Morgan fingerprint density at radius 1 is 1.59 bits per heavy atom. The minimum Gasteiger partial charge on any atom is -0.272 e. The first-order valence-corrected chi connectivity index (χ1v) is 6.26. The molecule has 0 heterocycles. The smallest absolute Gasteiger partial charge is 0.254 e. The molecule has 0 saturated heterocycles. The van der Waals surface area contributed by atoms with Crippen LogP contribution in [0.1, 0.15) is 46.5 Å². The predicted octanol–water partition coefficient (Wildman–Crippen LogP) is 2.46. The second-order valence-corrected chi connectivity index (χ2v) is 5.21. The Kier molecular flexibility index (Phi) is 5.14. The number of rotatable bonds is 3. The molecule has 17 heavy (non-hydrogen) atoms. The van der Waals surface area contributed by atoms with Gasteiger partial charge in [-0.05, 0) is 31.1 Å². The van der Waals surface area contributed by atoms with Crippen LogP contribution < -0.4 is 5.43 Å². The highest BCUT2D eigenvalue weighted by Crippen LogP contribution is 2.31. The SMILES string of the molecule is CC1CCC(C(C)C)C(=NNC(=O)CC#N)C1. The zero-order valence-electron chi connectivity index (χ0n) is 10.9. The summed E-state index contributed by atoms with van der Waals surface area (Å²) in [6, 6.07) is 1.82. The number of amides is 1. The molecular formula is C13H21N3O. The van der Waals surface area contributed by atoms with E-state index in [1.54, 1.807) is 0 Å². The van der Waals surface area contributed by atoms with Gasteiger partial charge >= 0.3 is 0 Å². The van der Waals surface area contributed by atoms with Crippen molar-refractivity contribution in [2.45, 2.75) is 46.5 Å². The zero-order valence-corrected chi connectivity index (χ0v) is 10.9. The molecule has 0 aromatic carbocycles. The van der Waals surface area contributed by atoms with Crippen LogP contribution in [0.2, 0.25) is 0 Å². The molecule has 4 nitrogen and oxygen atoms in total. The molecule has 1 aliphatic carbocycles. The fourth-order valence-corrected chi connectivity index (χ4v) is 2.33. The van der Waals surface area contributed by atoms with E-state index in [0.29, 0.717) is 17.8 Å². The van der Waals surface area contributed by atoms with Crippen molar-refractivity contribution in [3.05, 3.63) is 0 Å². The maximum Gasteiger partial charge on any atom is 0.254 e. The van der Waals surface area contributed by atoms with Gasteiger partial charge in [0.25, 0.3) is 5.91 Å². The number of carbonyl (C=O) groups excluding carboxylic acids is 1. The Morgan fingerprint density at radius 3 is 2.88 bits per heavy atom. The molecule has 0 radical (unpaired) electrons. The number of hydrazone groups is 1. The van der Waals surface area contributed by atoms with E-state index in [1.807, 2.05) is 6.07 Å². The van der Waals surface area contributed by atoms with Crippen molar-refractivity contribution in [3.63, 3.8) is 0 Å². The van der Waals surface area contributed by atoms with Crippen LogP contribution in [0.5, 0.6) is 0 Å². The van der Waals surface area contributed by atoms with E-state index in [9.17, 15) is 4.79 Å². The highest BCUT2D eigenvalue weighted by atomic mass is 16.2. The summed E-state index contributed by atoms with van der Waals surface area (Å²) in [5, 5.41) is 12.6. The summed E-state index contributed by atoms with van der Waals surface area (Å²) < 4.78 is 0. The number of nitrogens with one attached hydrogen (secondary N) is 1. The lowest BCUT2D eigenvalue weighted by molar-refractivity contribution is -0.120. The fourth-order valence-electron chi connectivity index (χ4n) is 2.33. The quantitative estimate of drug-likeness (QED) is 0.764. The molecule has 94 valence electrons. The second-order valence-electron chi connectivity index (χ2n) is 5.21. The third-order valence-corrected chi connectivity index (χ3v) is 3.32. The summed E-state index contributed by atoms with van der Waals surface area (Å²) >= 11 is 0. The first-order chi connectivity index (χ1) is 8.04. The molecule has 1 N–H and O–H groups in total. The van der Waals surface area contributed by atoms with Gasteiger partial charge in [0.2, 0.25) is 0 Å². The number of carbonyl (C=O) groups is 1. The maximum atomic E-state index is 11.2. The van der Waals surface area contributed by atoms with Crippen LogP contribution in [-0.4, -0.2) is 11.6 Å². The molecule has 1 saturated carbocycles. The van der Waals surface area contributed by atoms with Crippen molar-refractivity contribution in [2.75, 3.05) is 0 Å². The van der Waals surface area contributed by atoms with Crippen LogP contribution in [0, 0.1) is 29.1 Å². The lowest BCUT2D eigenvalue weighted by atomic mass is 9.76. The molecule has 1 fully saturated rings. The topological polar surface area (TPSA) is 65.2 Å². The minimum atomic E-state index is -0.319. The normalized spacial score (nSPS) is 26.9. The van der Waals surface area contributed by atoms with Gasteiger partial charge < -0.3 is 0 Å². The molecule has 0 bridgehead atoms. The van der Waals surface area contributed by atoms with Crippen molar-refractivity contribution in [1.82, 2.24) is 5.43 Å². The Labute approximate surface area is 103 Å². The maximum absolute atomic E-state index is 11.2. The Balaban J connectivity index is 2.66. The lowest BCUT2D eigenvalue weighted by Gasteiger charge is -2.30. The van der Waals surface area contributed by atoms with E-state index in [0.717, 1.165) is 18.6 Å².